The first-order chi connectivity index (χ1) is 17.4. The molecule has 196 valence electrons. The molecule has 6 nitrogen and oxygen atoms in total. The highest BCUT2D eigenvalue weighted by atomic mass is 79.9. The van der Waals surface area contributed by atoms with Gasteiger partial charge >= 0.3 is 0 Å². The fraction of sp³-hybridized carbons (Fsp3) is 0.111. The van der Waals surface area contributed by atoms with Gasteiger partial charge in [-0.25, -0.2) is 0 Å². The maximum atomic E-state index is 9.47. The first-order valence-corrected chi connectivity index (χ1v) is 13.6. The van der Waals surface area contributed by atoms with Crippen molar-refractivity contribution in [1.82, 2.24) is 0 Å². The second-order valence-electron chi connectivity index (χ2n) is 8.09. The quantitative estimate of drug-likeness (QED) is 0.105. The highest BCUT2D eigenvalue weighted by Crippen LogP contribution is 2.47. The Hall–Kier alpha value is -2.40. The van der Waals surface area contributed by atoms with Crippen LogP contribution in [0.25, 0.3) is 0 Å². The normalized spacial score (nSPS) is 10.4. The standard InChI is InChI=1S/C15H12Br4O2.2C6H6O2/c1-15(2,8-3-5-9(20)6-4-8)12-10(16)7-11(21-19)13(17)14(12)18;2*7-5-3-1-2-4-6(5)8/h3-7,20H,1-2H3;2*1-4,7-8H. The van der Waals surface area contributed by atoms with Crippen LogP contribution in [0.3, 0.4) is 0 Å². The molecule has 0 heterocycles. The second-order valence-corrected chi connectivity index (χ2v) is 10.9. The summed E-state index contributed by atoms with van der Waals surface area (Å²) in [6.07, 6.45) is 0. The molecule has 0 aliphatic carbocycles. The number of rotatable bonds is 3. The summed E-state index contributed by atoms with van der Waals surface area (Å²) in [5, 5.41) is 44.1. The molecule has 0 radical (unpaired) electrons. The van der Waals surface area contributed by atoms with E-state index in [1.807, 2.05) is 18.2 Å². The molecule has 0 spiro atoms. The highest BCUT2D eigenvalue weighted by Gasteiger charge is 2.30. The summed E-state index contributed by atoms with van der Waals surface area (Å²) in [6, 6.07) is 21.5. The Labute approximate surface area is 249 Å². The molecule has 0 aliphatic rings. The van der Waals surface area contributed by atoms with Crippen LogP contribution in [0.5, 0.6) is 34.5 Å². The summed E-state index contributed by atoms with van der Waals surface area (Å²) in [5.74, 6) is 0.635. The van der Waals surface area contributed by atoms with E-state index in [4.69, 9.17) is 24.3 Å². The predicted octanol–water partition coefficient (Wildman–Crippen LogP) is 8.89. The molecule has 37 heavy (non-hydrogen) atoms. The van der Waals surface area contributed by atoms with Gasteiger partial charge in [-0.05, 0) is 85.5 Å². The number of aromatic hydroxyl groups is 5. The van der Waals surface area contributed by atoms with Crippen molar-refractivity contribution in [2.45, 2.75) is 19.3 Å². The zero-order valence-corrected chi connectivity index (χ0v) is 26.0. The molecule has 0 unspecified atom stereocenters. The number of halogens is 4. The molecule has 4 rings (SSSR count). The van der Waals surface area contributed by atoms with E-state index in [1.165, 1.54) is 24.3 Å². The minimum absolute atomic E-state index is 0.0764. The summed E-state index contributed by atoms with van der Waals surface area (Å²) in [6.45, 7) is 4.26. The average molecular weight is 764 g/mol. The van der Waals surface area contributed by atoms with Crippen molar-refractivity contribution in [3.8, 4) is 34.5 Å². The van der Waals surface area contributed by atoms with Gasteiger partial charge in [-0.1, -0.05) is 66.2 Å². The molecule has 0 amide bonds. The van der Waals surface area contributed by atoms with Gasteiger partial charge in [-0.15, -0.1) is 0 Å². The highest BCUT2D eigenvalue weighted by molar-refractivity contribution is 9.13. The Balaban J connectivity index is 0.000000244. The van der Waals surface area contributed by atoms with Crippen LogP contribution in [-0.4, -0.2) is 25.5 Å². The molecular formula is C27H24Br4O6. The van der Waals surface area contributed by atoms with Crippen LogP contribution in [0.4, 0.5) is 0 Å². The van der Waals surface area contributed by atoms with Gasteiger partial charge in [0.1, 0.15) is 5.75 Å². The molecule has 0 aliphatic heterocycles. The summed E-state index contributed by atoms with van der Waals surface area (Å²) >= 11 is 13.8. The molecule has 0 aromatic heterocycles. The van der Waals surface area contributed by atoms with Crippen molar-refractivity contribution in [2.24, 2.45) is 0 Å². The van der Waals surface area contributed by atoms with E-state index in [0.717, 1.165) is 24.5 Å². The van der Waals surface area contributed by atoms with E-state index in [2.05, 4.69) is 77.9 Å². The lowest BCUT2D eigenvalue weighted by molar-refractivity contribution is 0.404. The van der Waals surface area contributed by atoms with Crippen molar-refractivity contribution in [3.05, 3.63) is 103 Å². The zero-order valence-electron chi connectivity index (χ0n) is 19.7. The van der Waals surface area contributed by atoms with Crippen LogP contribution in [0.1, 0.15) is 25.0 Å². The van der Waals surface area contributed by atoms with Crippen LogP contribution < -0.4 is 3.83 Å². The van der Waals surface area contributed by atoms with E-state index in [9.17, 15) is 5.11 Å². The summed E-state index contributed by atoms with van der Waals surface area (Å²) in [5.41, 5.74) is 1.92. The third-order valence-electron chi connectivity index (χ3n) is 5.19. The molecule has 0 bridgehead atoms. The maximum absolute atomic E-state index is 9.47. The van der Waals surface area contributed by atoms with Gasteiger partial charge < -0.3 is 29.4 Å². The van der Waals surface area contributed by atoms with Gasteiger partial charge in [0.2, 0.25) is 0 Å². The largest absolute Gasteiger partial charge is 0.508 e. The zero-order chi connectivity index (χ0) is 27.8. The molecule has 0 saturated heterocycles. The summed E-state index contributed by atoms with van der Waals surface area (Å²) in [4.78, 5) is 0. The molecule has 0 fully saturated rings. The van der Waals surface area contributed by atoms with E-state index >= 15 is 0 Å². The van der Waals surface area contributed by atoms with Gasteiger partial charge in [0.25, 0.3) is 0 Å². The van der Waals surface area contributed by atoms with E-state index in [1.54, 1.807) is 36.4 Å². The Morgan fingerprint density at radius 2 is 1.03 bits per heavy atom. The van der Waals surface area contributed by atoms with E-state index < -0.39 is 0 Å². The van der Waals surface area contributed by atoms with Gasteiger partial charge in [0, 0.05) is 14.4 Å². The molecule has 0 atom stereocenters. The first-order valence-electron chi connectivity index (χ1n) is 10.6. The van der Waals surface area contributed by atoms with Crippen molar-refractivity contribution in [2.75, 3.05) is 0 Å². The minimum Gasteiger partial charge on any atom is -0.508 e. The monoisotopic (exact) mass is 760 g/mol. The number of hydrogen-bond donors (Lipinski definition) is 5. The van der Waals surface area contributed by atoms with Crippen molar-refractivity contribution in [1.29, 1.82) is 0 Å². The molecule has 4 aromatic rings. The minimum atomic E-state index is -0.265. The molecule has 0 saturated carbocycles. The lowest BCUT2D eigenvalue weighted by Crippen LogP contribution is -2.20. The predicted molar refractivity (Wildman–Crippen MR) is 159 cm³/mol. The molecule has 5 N–H and O–H groups in total. The lowest BCUT2D eigenvalue weighted by atomic mass is 9.78. The van der Waals surface area contributed by atoms with Crippen LogP contribution in [0.15, 0.2) is 92.3 Å². The van der Waals surface area contributed by atoms with Gasteiger partial charge in [0.05, 0.1) is 4.47 Å². The fourth-order valence-electron chi connectivity index (χ4n) is 3.15. The smallest absolute Gasteiger partial charge is 0.179 e. The lowest BCUT2D eigenvalue weighted by Gasteiger charge is -2.29. The summed E-state index contributed by atoms with van der Waals surface area (Å²) in [7, 11) is 0. The number of hydrogen-bond acceptors (Lipinski definition) is 6. The van der Waals surface area contributed by atoms with Gasteiger partial charge in [-0.2, -0.15) is 0 Å². The van der Waals surface area contributed by atoms with Crippen molar-refractivity contribution >= 4 is 64.0 Å². The van der Waals surface area contributed by atoms with Crippen molar-refractivity contribution in [3.63, 3.8) is 0 Å². The topological polar surface area (TPSA) is 110 Å². The molecule has 10 heteroatoms. The summed E-state index contributed by atoms with van der Waals surface area (Å²) < 4.78 is 7.86. The van der Waals surface area contributed by atoms with Crippen molar-refractivity contribution < 1.29 is 29.4 Å². The Morgan fingerprint density at radius 3 is 1.38 bits per heavy atom. The Morgan fingerprint density at radius 1 is 0.622 bits per heavy atom. The van der Waals surface area contributed by atoms with Crippen LogP contribution in [-0.2, 0) is 5.41 Å². The van der Waals surface area contributed by atoms with E-state index in [0.29, 0.717) is 5.75 Å². The number of para-hydroxylation sites is 4. The Kier molecular flexibility index (Phi) is 11.6. The van der Waals surface area contributed by atoms with Gasteiger partial charge in [-0.3, -0.25) is 0 Å². The van der Waals surface area contributed by atoms with Crippen LogP contribution in [0.2, 0.25) is 0 Å². The van der Waals surface area contributed by atoms with Crippen LogP contribution >= 0.6 is 64.0 Å². The third kappa shape index (κ3) is 8.29. The fourth-order valence-corrected chi connectivity index (χ4v) is 6.09. The first kappa shape index (κ1) is 30.8. The maximum Gasteiger partial charge on any atom is 0.179 e. The molecular weight excluding hydrogens is 740 g/mol. The number of phenols is 5. The third-order valence-corrected chi connectivity index (χ3v) is 8.27. The Bertz CT molecular complexity index is 1240. The second kappa shape index (κ2) is 13.9. The number of phenolic OH excluding ortho intramolecular Hbond substituents is 5. The number of benzene rings is 4. The molecule has 4 aromatic carbocycles. The van der Waals surface area contributed by atoms with Crippen LogP contribution in [0, 0.1) is 0 Å². The van der Waals surface area contributed by atoms with Gasteiger partial charge in [0.15, 0.2) is 45.0 Å². The SMILES string of the molecule is CC(C)(c1ccc(O)cc1)c1c(Br)cc(OBr)c(Br)c1Br.Oc1ccccc1O.Oc1ccccc1O. The average Bonchev–Trinajstić information content (AvgIpc) is 2.86. The van der Waals surface area contributed by atoms with E-state index in [-0.39, 0.29) is 34.2 Å².